The van der Waals surface area contributed by atoms with Crippen LogP contribution >= 0.6 is 22.9 Å². The van der Waals surface area contributed by atoms with Crippen LogP contribution in [0.1, 0.15) is 36.6 Å². The Hall–Kier alpha value is -1.36. The number of piperidine rings is 1. The number of amides is 1. The van der Waals surface area contributed by atoms with Gasteiger partial charge in [0, 0.05) is 33.9 Å². The molecule has 0 saturated carbocycles. The second-order valence-electron chi connectivity index (χ2n) is 7.44. The van der Waals surface area contributed by atoms with Crippen molar-refractivity contribution in [2.75, 3.05) is 26.7 Å². The molecule has 3 nitrogen and oxygen atoms in total. The van der Waals surface area contributed by atoms with Crippen LogP contribution in [0.2, 0.25) is 5.02 Å². The summed E-state index contributed by atoms with van der Waals surface area (Å²) in [7, 11) is 1.96. The number of nitrogens with zero attached hydrogens (tertiary/aromatic N) is 2. The summed E-state index contributed by atoms with van der Waals surface area (Å²) in [5.74, 6) is 0.433. The smallest absolute Gasteiger partial charge is 0.227 e. The van der Waals surface area contributed by atoms with Crippen molar-refractivity contribution in [1.82, 2.24) is 9.80 Å². The normalized spacial score (nSPS) is 24.4. The van der Waals surface area contributed by atoms with Gasteiger partial charge in [0.25, 0.3) is 0 Å². The fourth-order valence-corrected chi connectivity index (χ4v) is 5.72. The molecule has 0 spiro atoms. The van der Waals surface area contributed by atoms with Gasteiger partial charge < -0.3 is 9.80 Å². The number of benzene rings is 1. The van der Waals surface area contributed by atoms with Gasteiger partial charge in [-0.05, 0) is 50.6 Å². The first-order chi connectivity index (χ1) is 12.6. The summed E-state index contributed by atoms with van der Waals surface area (Å²) in [4.78, 5) is 19.6. The number of halogens is 1. The third kappa shape index (κ3) is 3.55. The summed E-state index contributed by atoms with van der Waals surface area (Å²) in [6, 6.07) is 12.4. The maximum absolute atomic E-state index is 12.8. The highest BCUT2D eigenvalue weighted by Crippen LogP contribution is 2.42. The molecule has 2 saturated heterocycles. The second-order valence-corrected chi connectivity index (χ2v) is 8.96. The van der Waals surface area contributed by atoms with Crippen LogP contribution in [0, 0.1) is 5.92 Å². The van der Waals surface area contributed by atoms with Crippen LogP contribution < -0.4 is 0 Å². The monoisotopic (exact) mass is 388 g/mol. The van der Waals surface area contributed by atoms with Crippen molar-refractivity contribution in [2.45, 2.75) is 31.7 Å². The number of carbonyl (C=O) groups excluding carboxylic acids is 1. The van der Waals surface area contributed by atoms with Gasteiger partial charge in [-0.15, -0.1) is 11.3 Å². The van der Waals surface area contributed by atoms with Crippen molar-refractivity contribution < 1.29 is 4.79 Å². The molecule has 3 heterocycles. The number of hydrogen-bond acceptors (Lipinski definition) is 3. The van der Waals surface area contributed by atoms with E-state index < -0.39 is 0 Å². The molecular formula is C21H25ClN2OS. The molecule has 138 valence electrons. The van der Waals surface area contributed by atoms with Crippen molar-refractivity contribution in [2.24, 2.45) is 5.92 Å². The van der Waals surface area contributed by atoms with E-state index in [0.29, 0.717) is 5.91 Å². The Bertz CT molecular complexity index is 784. The highest BCUT2D eigenvalue weighted by molar-refractivity contribution is 7.15. The first-order valence-electron chi connectivity index (χ1n) is 9.47. The summed E-state index contributed by atoms with van der Waals surface area (Å²) in [5, 5.41) is 0.778. The van der Waals surface area contributed by atoms with E-state index in [4.69, 9.17) is 11.6 Å². The van der Waals surface area contributed by atoms with Crippen molar-refractivity contribution in [3.05, 3.63) is 46.3 Å². The van der Waals surface area contributed by atoms with Crippen molar-refractivity contribution in [3.63, 3.8) is 0 Å². The van der Waals surface area contributed by atoms with Gasteiger partial charge in [-0.3, -0.25) is 4.79 Å². The van der Waals surface area contributed by atoms with Crippen LogP contribution in [0.25, 0.3) is 10.4 Å². The quantitative estimate of drug-likeness (QED) is 0.729. The maximum atomic E-state index is 12.8. The Morgan fingerprint density at radius 1 is 1.12 bits per heavy atom. The largest absolute Gasteiger partial charge is 0.338 e. The van der Waals surface area contributed by atoms with Gasteiger partial charge in [-0.2, -0.15) is 0 Å². The summed E-state index contributed by atoms with van der Waals surface area (Å²) >= 11 is 8.11. The lowest BCUT2D eigenvalue weighted by molar-refractivity contribution is -0.131. The molecule has 0 aliphatic carbocycles. The van der Waals surface area contributed by atoms with Crippen LogP contribution in [-0.4, -0.2) is 42.4 Å². The van der Waals surface area contributed by atoms with E-state index in [9.17, 15) is 4.79 Å². The molecule has 2 fully saturated rings. The fraction of sp³-hybridized carbons (Fsp3) is 0.476. The van der Waals surface area contributed by atoms with Crippen molar-refractivity contribution >= 4 is 28.8 Å². The number of hydrogen-bond donors (Lipinski definition) is 0. The number of carbonyl (C=O) groups is 1. The number of thiophene rings is 1. The molecule has 1 aromatic carbocycles. The lowest BCUT2D eigenvalue weighted by Gasteiger charge is -2.28. The fourth-order valence-electron chi connectivity index (χ4n) is 4.22. The molecule has 0 bridgehead atoms. The SMILES string of the molecule is CN1C(=O)C(CN2CCCCC2)CC1c1ccc(-c2ccccc2Cl)s1. The van der Waals surface area contributed by atoms with E-state index in [2.05, 4.69) is 23.1 Å². The van der Waals surface area contributed by atoms with E-state index in [1.54, 1.807) is 11.3 Å². The van der Waals surface area contributed by atoms with E-state index in [1.165, 1.54) is 29.0 Å². The predicted molar refractivity (Wildman–Crippen MR) is 109 cm³/mol. The molecule has 2 aromatic rings. The van der Waals surface area contributed by atoms with Gasteiger partial charge in [0.15, 0.2) is 0 Å². The van der Waals surface area contributed by atoms with Crippen LogP contribution in [0.5, 0.6) is 0 Å². The Morgan fingerprint density at radius 2 is 1.88 bits per heavy atom. The average Bonchev–Trinajstić information content (AvgIpc) is 3.24. The minimum atomic E-state index is 0.133. The molecular weight excluding hydrogens is 364 g/mol. The first kappa shape index (κ1) is 18.0. The Kier molecular flexibility index (Phi) is 5.35. The van der Waals surface area contributed by atoms with Crippen LogP contribution in [-0.2, 0) is 4.79 Å². The zero-order chi connectivity index (χ0) is 18.1. The third-order valence-electron chi connectivity index (χ3n) is 5.69. The van der Waals surface area contributed by atoms with Gasteiger partial charge in [0.2, 0.25) is 5.91 Å². The number of rotatable bonds is 4. The molecule has 4 rings (SSSR count). The Labute approximate surface area is 164 Å². The molecule has 2 aliphatic heterocycles. The topological polar surface area (TPSA) is 23.6 Å². The lowest BCUT2D eigenvalue weighted by atomic mass is 10.0. The Balaban J connectivity index is 1.49. The first-order valence-corrected chi connectivity index (χ1v) is 10.7. The van der Waals surface area contributed by atoms with Gasteiger partial charge in [-0.25, -0.2) is 0 Å². The summed E-state index contributed by atoms with van der Waals surface area (Å²) < 4.78 is 0. The predicted octanol–water partition coefficient (Wildman–Crippen LogP) is 5.07. The zero-order valence-electron chi connectivity index (χ0n) is 15.2. The van der Waals surface area contributed by atoms with Gasteiger partial charge in [0.05, 0.1) is 12.0 Å². The molecule has 0 N–H and O–H groups in total. The molecule has 2 unspecified atom stereocenters. The molecule has 2 atom stereocenters. The standard InChI is InChI=1S/C21H25ClN2OS/c1-23-18(13-15(21(23)25)14-24-11-5-2-6-12-24)20-10-9-19(26-20)16-7-3-4-8-17(16)22/h3-4,7-10,15,18H,2,5-6,11-14H2,1H3. The van der Waals surface area contributed by atoms with Crippen LogP contribution in [0.4, 0.5) is 0 Å². The van der Waals surface area contributed by atoms with Crippen LogP contribution in [0.15, 0.2) is 36.4 Å². The van der Waals surface area contributed by atoms with Gasteiger partial charge in [-0.1, -0.05) is 36.2 Å². The molecule has 1 aromatic heterocycles. The summed E-state index contributed by atoms with van der Waals surface area (Å²) in [5.41, 5.74) is 1.07. The minimum absolute atomic E-state index is 0.133. The van der Waals surface area contributed by atoms with Crippen molar-refractivity contribution in [1.29, 1.82) is 0 Å². The molecule has 0 radical (unpaired) electrons. The van der Waals surface area contributed by atoms with Crippen molar-refractivity contribution in [3.8, 4) is 10.4 Å². The van der Waals surface area contributed by atoms with Crippen LogP contribution in [0.3, 0.4) is 0 Å². The molecule has 26 heavy (non-hydrogen) atoms. The van der Waals surface area contributed by atoms with E-state index in [-0.39, 0.29) is 12.0 Å². The minimum Gasteiger partial charge on any atom is -0.338 e. The summed E-state index contributed by atoms with van der Waals surface area (Å²) in [6.07, 6.45) is 4.80. The average molecular weight is 389 g/mol. The summed E-state index contributed by atoms with van der Waals surface area (Å²) in [6.45, 7) is 3.21. The maximum Gasteiger partial charge on any atom is 0.227 e. The Morgan fingerprint density at radius 3 is 2.65 bits per heavy atom. The molecule has 5 heteroatoms. The highest BCUT2D eigenvalue weighted by atomic mass is 35.5. The van der Waals surface area contributed by atoms with Gasteiger partial charge >= 0.3 is 0 Å². The molecule has 2 aliphatic rings. The van der Waals surface area contributed by atoms with E-state index in [1.807, 2.05) is 30.1 Å². The highest BCUT2D eigenvalue weighted by Gasteiger charge is 2.39. The van der Waals surface area contributed by atoms with Gasteiger partial charge in [0.1, 0.15) is 0 Å². The van der Waals surface area contributed by atoms with E-state index in [0.717, 1.165) is 36.6 Å². The third-order valence-corrected chi connectivity index (χ3v) is 7.24. The van der Waals surface area contributed by atoms with E-state index >= 15 is 0 Å². The zero-order valence-corrected chi connectivity index (χ0v) is 16.7. The molecule has 1 amide bonds. The second kappa shape index (κ2) is 7.71. The number of likely N-dealkylation sites (tertiary alicyclic amines) is 2. The lowest BCUT2D eigenvalue weighted by Crippen LogP contribution is -2.36.